The lowest BCUT2D eigenvalue weighted by Gasteiger charge is -2.26. The van der Waals surface area contributed by atoms with Crippen molar-refractivity contribution < 1.29 is 71.8 Å². The molecule has 110 heavy (non-hydrogen) atoms. The molecule has 578 valence electrons. The van der Waals surface area contributed by atoms with Crippen molar-refractivity contribution in [3.05, 3.63) is 190 Å². The Morgan fingerprint density at radius 1 is 0.427 bits per heavy atom. The summed E-state index contributed by atoms with van der Waals surface area (Å²) in [5.74, 6) is -1.41. The van der Waals surface area contributed by atoms with Gasteiger partial charge in [0.25, 0.3) is 0 Å². The molecule has 8 aliphatic rings. The summed E-state index contributed by atoms with van der Waals surface area (Å²) in [5.41, 5.74) is 14.9. The maximum Gasteiger partial charge on any atom is 0.337 e. The molecule has 0 unspecified atom stereocenters. The number of halogens is 3. The van der Waals surface area contributed by atoms with Crippen LogP contribution in [0.25, 0.3) is 32.7 Å². The number of carbonyl (C=O) groups excluding carboxylic acids is 5. The Morgan fingerprint density at radius 2 is 0.818 bits per heavy atom. The number of esters is 5. The maximum absolute atomic E-state index is 11.8. The molecule has 0 spiro atoms. The number of hydrogen-bond acceptors (Lipinski definition) is 23. The number of benzene rings is 6. The number of aliphatic imine (C=N–C) groups is 3. The summed E-state index contributed by atoms with van der Waals surface area (Å²) in [6.45, 7) is 18.1. The molecule has 30 heteroatoms. The molecule has 2 aliphatic carbocycles. The van der Waals surface area contributed by atoms with Crippen LogP contribution in [0.3, 0.4) is 0 Å². The number of fused-ring (bicyclic) bond motifs is 6. The smallest absolute Gasteiger partial charge is 0.337 e. The van der Waals surface area contributed by atoms with Crippen LogP contribution in [0.1, 0.15) is 144 Å². The molecule has 6 aliphatic heterocycles. The number of aromatic nitrogens is 6. The zero-order valence-corrected chi connectivity index (χ0v) is 66.7. The number of carbonyl (C=O) groups is 6. The van der Waals surface area contributed by atoms with Gasteiger partial charge in [0, 0.05) is 109 Å². The zero-order valence-electron chi connectivity index (χ0n) is 62.0. The Balaban J connectivity index is 0.000000125. The van der Waals surface area contributed by atoms with Gasteiger partial charge < -0.3 is 43.0 Å². The average molecular weight is 1700 g/mol. The molecule has 2 saturated carbocycles. The first kappa shape index (κ1) is 80.3. The number of methoxy groups -OCH3 is 5. The summed E-state index contributed by atoms with van der Waals surface area (Å²) < 4.78 is 48.2. The second-order valence-electron chi connectivity index (χ2n) is 27.0. The monoisotopic (exact) mass is 1690 g/mol. The largest absolute Gasteiger partial charge is 0.478 e. The van der Waals surface area contributed by atoms with E-state index in [2.05, 4.69) is 101 Å². The van der Waals surface area contributed by atoms with Gasteiger partial charge in [0.15, 0.2) is 0 Å². The highest BCUT2D eigenvalue weighted by atomic mass is 79.9. The second kappa shape index (κ2) is 38.1. The third-order valence-electron chi connectivity index (χ3n) is 19.8. The molecule has 0 amide bonds. The molecule has 3 aromatic heterocycles. The first-order valence-corrected chi connectivity index (χ1v) is 38.8. The lowest BCUT2D eigenvalue weighted by atomic mass is 10.1. The van der Waals surface area contributed by atoms with E-state index in [-0.39, 0.29) is 29.8 Å². The van der Waals surface area contributed by atoms with E-state index < -0.39 is 5.97 Å². The van der Waals surface area contributed by atoms with Crippen LogP contribution in [0.15, 0.2) is 127 Å². The van der Waals surface area contributed by atoms with Crippen LogP contribution >= 0.6 is 47.8 Å². The van der Waals surface area contributed by atoms with Crippen molar-refractivity contribution in [1.82, 2.24) is 44.0 Å². The van der Waals surface area contributed by atoms with E-state index >= 15 is 0 Å². The number of morpholine rings is 3. The van der Waals surface area contributed by atoms with Gasteiger partial charge in [0.1, 0.15) is 9.22 Å². The molecular weight excluding hydrogens is 1610 g/mol. The Morgan fingerprint density at radius 3 is 1.30 bits per heavy atom. The zero-order chi connectivity index (χ0) is 77.4. The minimum Gasteiger partial charge on any atom is -0.478 e. The van der Waals surface area contributed by atoms with Gasteiger partial charge in [-0.1, -0.05) is 28.1 Å². The van der Waals surface area contributed by atoms with E-state index in [9.17, 15) is 33.9 Å². The van der Waals surface area contributed by atoms with Crippen molar-refractivity contribution in [2.75, 3.05) is 134 Å². The topological polar surface area (TPSA) is 297 Å². The fraction of sp³-hybridized carbons (Fsp3) is 0.400. The summed E-state index contributed by atoms with van der Waals surface area (Å²) in [6.07, 6.45) is 8.25. The number of carboxylic acid groups (broad SMARTS) is 1. The molecule has 17 rings (SSSR count). The number of rotatable bonds is 17. The minimum atomic E-state index is -0.880. The third-order valence-corrected chi connectivity index (χ3v) is 21.8. The fourth-order valence-electron chi connectivity index (χ4n) is 13.3. The molecule has 3 saturated heterocycles. The summed E-state index contributed by atoms with van der Waals surface area (Å²) in [4.78, 5) is 88.0. The lowest BCUT2D eigenvalue weighted by Crippen LogP contribution is -2.38. The van der Waals surface area contributed by atoms with E-state index in [0.717, 1.165) is 229 Å². The van der Waals surface area contributed by atoms with Crippen molar-refractivity contribution in [2.24, 2.45) is 15.0 Å². The molecular formula is C80H87Br3N12O15. The number of hydrogen-bond donors (Lipinski definition) is 1. The van der Waals surface area contributed by atoms with Crippen LogP contribution in [-0.4, -0.2) is 236 Å². The van der Waals surface area contributed by atoms with Crippen LogP contribution < -0.4 is 0 Å². The summed E-state index contributed by atoms with van der Waals surface area (Å²) >= 11 is 10.2. The maximum atomic E-state index is 11.8. The summed E-state index contributed by atoms with van der Waals surface area (Å²) in [6, 6.07) is 31.1. The Hall–Kier alpha value is -9.24. The van der Waals surface area contributed by atoms with Crippen molar-refractivity contribution in [3.63, 3.8) is 0 Å². The first-order chi connectivity index (χ1) is 53.4. The Labute approximate surface area is 661 Å². The number of ether oxygens (including phenoxy) is 8. The Kier molecular flexibility index (Phi) is 27.8. The van der Waals surface area contributed by atoms with Crippen LogP contribution in [0, 0.1) is 0 Å². The van der Waals surface area contributed by atoms with Crippen molar-refractivity contribution in [3.8, 4) is 0 Å². The fourth-order valence-corrected chi connectivity index (χ4v) is 14.9. The molecule has 9 heterocycles. The van der Waals surface area contributed by atoms with Gasteiger partial charge in [-0.2, -0.15) is 15.3 Å². The molecule has 1 N–H and O–H groups in total. The van der Waals surface area contributed by atoms with E-state index in [1.807, 2.05) is 57.9 Å². The number of nitrogens with zero attached hydrogens (tertiary/aromatic N) is 12. The minimum absolute atomic E-state index is 0.292. The molecule has 9 aromatic rings. The van der Waals surface area contributed by atoms with Crippen LogP contribution in [-0.2, 0) is 77.2 Å². The highest BCUT2D eigenvalue weighted by Gasteiger charge is 2.32. The predicted octanol–water partition coefficient (Wildman–Crippen LogP) is 11.6. The summed E-state index contributed by atoms with van der Waals surface area (Å²) in [5, 5.41) is 26.4. The van der Waals surface area contributed by atoms with Gasteiger partial charge in [-0.15, -0.1) is 0 Å². The van der Waals surface area contributed by atoms with Crippen LogP contribution in [0.5, 0.6) is 0 Å². The average Bonchev–Trinajstić information content (AvgIpc) is 1.62. The molecule has 6 aromatic carbocycles. The van der Waals surface area contributed by atoms with Gasteiger partial charge in [-0.3, -0.25) is 43.7 Å². The molecule has 0 radical (unpaired) electrons. The van der Waals surface area contributed by atoms with Crippen molar-refractivity contribution in [1.29, 1.82) is 0 Å². The molecule has 0 atom stereocenters. The van der Waals surface area contributed by atoms with Crippen LogP contribution in [0.4, 0.5) is 0 Å². The molecule has 27 nitrogen and oxygen atoms in total. The molecule has 5 fully saturated rings. The standard InChI is InChI=1S/C18H23N3O3.C17H21N3O3.C15H18BrN3O3.2C10H8BrNO2.C10H9NO2/c1-23-18(22)14-4-5-16-15(12-14)17(13-2-3-13)19-21(16)7-6-20-8-10-24-11-9-20;21-17(22)13-3-4-15-14(11-13)16(12-1-2-12)18-20(15)6-5-19-7-9-23-10-8-19;1-21-15(20)11-2-3-13-12(10-11)14(16)17-19(13)5-4-18-6-8-22-9-7-18;1-14-10(13)6-2-7-4-12-5-8(7)9(11)3-6;1-14-10(13)6-2-3-7-5-12-9(11)8(7)4-6;1-13-10(12)7-2-3-8-5-11-6-9(8)4-7/h4-5,12-13H,2-3,6-11H2,1H3;3-4,11-12H,1-2,5-10H2,(H,21,22);2-3,10H,4-9H2,1H3;2*2-4H,5H2,1H3;2-4,6H,5H2,1H3. The lowest BCUT2D eigenvalue weighted by molar-refractivity contribution is 0.0360. The third kappa shape index (κ3) is 20.3. The van der Waals surface area contributed by atoms with Gasteiger partial charge in [-0.05, 0) is 176 Å². The van der Waals surface area contributed by atoms with Gasteiger partial charge >= 0.3 is 35.8 Å². The Bertz CT molecular complexity index is 4950. The normalized spacial score (nSPS) is 16.2. The highest BCUT2D eigenvalue weighted by molar-refractivity contribution is 9.18. The predicted molar refractivity (Wildman–Crippen MR) is 425 cm³/mol. The summed E-state index contributed by atoms with van der Waals surface area (Å²) in [7, 11) is 6.92. The quantitative estimate of drug-likeness (QED) is 0.0654. The van der Waals surface area contributed by atoms with Crippen molar-refractivity contribution in [2.45, 2.75) is 76.8 Å². The highest BCUT2D eigenvalue weighted by Crippen LogP contribution is 2.44. The van der Waals surface area contributed by atoms with Gasteiger partial charge in [0.2, 0.25) is 0 Å². The van der Waals surface area contributed by atoms with E-state index in [1.54, 1.807) is 67.0 Å². The first-order valence-electron chi connectivity index (χ1n) is 36.4. The number of aromatic carboxylic acids is 1. The van der Waals surface area contributed by atoms with E-state index in [0.29, 0.717) is 58.3 Å². The molecule has 0 bridgehead atoms. The van der Waals surface area contributed by atoms with E-state index in [1.165, 1.54) is 48.4 Å². The van der Waals surface area contributed by atoms with E-state index in [4.69, 9.17) is 33.9 Å². The SMILES string of the molecule is COC(=O)c1cc(Br)c2c(c1)C=NC2.COC(=O)c1ccc2c(c1)C(Br)=NC2.COC(=O)c1ccc2c(c1)C=NC2.COC(=O)c1ccc2c(c1)c(Br)nn2CCN1CCOCC1.COC(=O)c1ccc2c(c1)c(C1CC1)nn2CCN1CCOCC1.O=C(O)c1ccc2c(c1)c(C1CC1)nn2CCN1CCOCC1. The van der Waals surface area contributed by atoms with Gasteiger partial charge in [0.05, 0.1) is 176 Å². The van der Waals surface area contributed by atoms with Crippen molar-refractivity contribution >= 4 is 133 Å². The van der Waals surface area contributed by atoms with Crippen LogP contribution in [0.2, 0.25) is 0 Å². The number of carboxylic acids is 1. The second-order valence-corrected chi connectivity index (χ2v) is 29.3. The van der Waals surface area contributed by atoms with Gasteiger partial charge in [-0.25, -0.2) is 28.8 Å².